The summed E-state index contributed by atoms with van der Waals surface area (Å²) in [7, 11) is -3.61. The summed E-state index contributed by atoms with van der Waals surface area (Å²) in [6.45, 7) is 0.653. The number of carbonyl (C=O) groups excluding carboxylic acids is 2. The number of hydrogen-bond donors (Lipinski definition) is 1. The highest BCUT2D eigenvalue weighted by molar-refractivity contribution is 7.89. The molecule has 0 saturated carbocycles. The minimum atomic E-state index is -3.61. The highest BCUT2D eigenvalue weighted by Gasteiger charge is 2.25. The zero-order chi connectivity index (χ0) is 23.1. The van der Waals surface area contributed by atoms with Crippen molar-refractivity contribution in [3.05, 3.63) is 65.7 Å². The molecule has 0 spiro atoms. The summed E-state index contributed by atoms with van der Waals surface area (Å²) in [5.41, 5.74) is 0.571. The Morgan fingerprint density at radius 1 is 1.06 bits per heavy atom. The SMILES string of the molecule is O=C(COC(=O)/C=C/c1ccc(S(=O)(=O)N2CCOCC2)cc1)Nc1ccc(F)c(F)c1. The van der Waals surface area contributed by atoms with Gasteiger partial charge in [0, 0.05) is 30.9 Å². The molecule has 8 nitrogen and oxygen atoms in total. The monoisotopic (exact) mass is 466 g/mol. The Kier molecular flexibility index (Phi) is 7.67. The first-order chi connectivity index (χ1) is 15.3. The van der Waals surface area contributed by atoms with Gasteiger partial charge in [-0.15, -0.1) is 0 Å². The zero-order valence-electron chi connectivity index (χ0n) is 16.8. The number of amides is 1. The molecule has 1 aliphatic heterocycles. The summed E-state index contributed by atoms with van der Waals surface area (Å²) in [5.74, 6) is -3.70. The van der Waals surface area contributed by atoms with Gasteiger partial charge in [0.1, 0.15) is 0 Å². The fourth-order valence-electron chi connectivity index (χ4n) is 2.81. The number of hydrogen-bond acceptors (Lipinski definition) is 6. The van der Waals surface area contributed by atoms with Crippen molar-refractivity contribution < 1.29 is 36.3 Å². The fourth-order valence-corrected chi connectivity index (χ4v) is 4.21. The van der Waals surface area contributed by atoms with Crippen molar-refractivity contribution in [2.24, 2.45) is 0 Å². The Labute approximate surface area is 183 Å². The molecule has 0 aliphatic carbocycles. The number of nitrogens with zero attached hydrogens (tertiary/aromatic N) is 1. The molecule has 170 valence electrons. The smallest absolute Gasteiger partial charge is 0.331 e. The van der Waals surface area contributed by atoms with Crippen LogP contribution in [0.5, 0.6) is 0 Å². The average Bonchev–Trinajstić information content (AvgIpc) is 2.79. The van der Waals surface area contributed by atoms with Crippen LogP contribution in [-0.2, 0) is 29.1 Å². The number of carbonyl (C=O) groups is 2. The van der Waals surface area contributed by atoms with E-state index in [4.69, 9.17) is 9.47 Å². The Balaban J connectivity index is 1.50. The first kappa shape index (κ1) is 23.5. The Morgan fingerprint density at radius 3 is 2.41 bits per heavy atom. The van der Waals surface area contributed by atoms with E-state index >= 15 is 0 Å². The van der Waals surface area contributed by atoms with E-state index in [0.717, 1.165) is 18.2 Å². The van der Waals surface area contributed by atoms with Gasteiger partial charge < -0.3 is 14.8 Å². The number of benzene rings is 2. The van der Waals surface area contributed by atoms with Crippen LogP contribution in [0.1, 0.15) is 5.56 Å². The summed E-state index contributed by atoms with van der Waals surface area (Å²) in [6, 6.07) is 8.77. The summed E-state index contributed by atoms with van der Waals surface area (Å²) < 4.78 is 62.5. The standard InChI is InChI=1S/C21H20F2N2O6S/c22-18-7-4-16(13-19(18)23)24-20(26)14-31-21(27)8-3-15-1-5-17(6-2-15)32(28,29)25-9-11-30-12-10-25/h1-8,13H,9-12,14H2,(H,24,26)/b8-3+. The molecular formula is C21H20F2N2O6S. The molecule has 0 radical (unpaired) electrons. The molecule has 1 amide bonds. The molecule has 2 aromatic carbocycles. The van der Waals surface area contributed by atoms with Crippen molar-refractivity contribution in [3.8, 4) is 0 Å². The molecule has 2 aromatic rings. The van der Waals surface area contributed by atoms with Gasteiger partial charge in [-0.3, -0.25) is 4.79 Å². The van der Waals surface area contributed by atoms with E-state index in [2.05, 4.69) is 5.32 Å². The van der Waals surface area contributed by atoms with E-state index in [0.29, 0.717) is 31.9 Å². The summed E-state index contributed by atoms with van der Waals surface area (Å²) in [6.07, 6.45) is 2.48. The van der Waals surface area contributed by atoms with Crippen LogP contribution in [0.15, 0.2) is 53.4 Å². The van der Waals surface area contributed by atoms with E-state index in [1.807, 2.05) is 0 Å². The van der Waals surface area contributed by atoms with Gasteiger partial charge in [0.15, 0.2) is 18.2 Å². The number of ether oxygens (including phenoxy) is 2. The second-order valence-corrected chi connectivity index (χ2v) is 8.64. The van der Waals surface area contributed by atoms with Crippen LogP contribution >= 0.6 is 0 Å². The maximum atomic E-state index is 13.1. The van der Waals surface area contributed by atoms with Crippen molar-refractivity contribution >= 4 is 33.7 Å². The van der Waals surface area contributed by atoms with Crippen LogP contribution in [0.25, 0.3) is 6.08 Å². The van der Waals surface area contributed by atoms with Crippen molar-refractivity contribution in [3.63, 3.8) is 0 Å². The second kappa shape index (κ2) is 10.4. The molecule has 1 fully saturated rings. The van der Waals surface area contributed by atoms with Crippen molar-refractivity contribution in [1.29, 1.82) is 0 Å². The van der Waals surface area contributed by atoms with E-state index < -0.39 is 40.1 Å². The predicted octanol–water partition coefficient (Wildman–Crippen LogP) is 2.18. The van der Waals surface area contributed by atoms with Crippen LogP contribution in [-0.4, -0.2) is 57.5 Å². The maximum Gasteiger partial charge on any atom is 0.331 e. The Bertz CT molecular complexity index is 1110. The largest absolute Gasteiger partial charge is 0.452 e. The summed E-state index contributed by atoms with van der Waals surface area (Å²) in [4.78, 5) is 23.7. The molecule has 0 atom stereocenters. The summed E-state index contributed by atoms with van der Waals surface area (Å²) >= 11 is 0. The molecule has 0 unspecified atom stereocenters. The lowest BCUT2D eigenvalue weighted by molar-refractivity contribution is -0.142. The van der Waals surface area contributed by atoms with E-state index in [-0.39, 0.29) is 10.6 Å². The first-order valence-corrected chi connectivity index (χ1v) is 11.0. The maximum absolute atomic E-state index is 13.1. The van der Waals surface area contributed by atoms with Gasteiger partial charge in [-0.1, -0.05) is 12.1 Å². The van der Waals surface area contributed by atoms with Gasteiger partial charge in [-0.25, -0.2) is 22.0 Å². The molecular weight excluding hydrogens is 446 g/mol. The van der Waals surface area contributed by atoms with Crippen LogP contribution in [0.4, 0.5) is 14.5 Å². The van der Waals surface area contributed by atoms with Gasteiger partial charge in [-0.05, 0) is 35.9 Å². The van der Waals surface area contributed by atoms with E-state index in [9.17, 15) is 26.8 Å². The van der Waals surface area contributed by atoms with Crippen molar-refractivity contribution in [2.45, 2.75) is 4.90 Å². The normalized spacial score (nSPS) is 14.9. The van der Waals surface area contributed by atoms with Gasteiger partial charge in [0.2, 0.25) is 10.0 Å². The predicted molar refractivity (Wildman–Crippen MR) is 111 cm³/mol. The average molecular weight is 466 g/mol. The van der Waals surface area contributed by atoms with Crippen LogP contribution < -0.4 is 5.32 Å². The molecule has 3 rings (SSSR count). The minimum Gasteiger partial charge on any atom is -0.452 e. The van der Waals surface area contributed by atoms with Crippen LogP contribution in [0.2, 0.25) is 0 Å². The Morgan fingerprint density at radius 2 is 1.75 bits per heavy atom. The lowest BCUT2D eigenvalue weighted by Gasteiger charge is -2.26. The highest BCUT2D eigenvalue weighted by atomic mass is 32.2. The molecule has 0 aromatic heterocycles. The lowest BCUT2D eigenvalue weighted by Crippen LogP contribution is -2.40. The minimum absolute atomic E-state index is 0.0209. The molecule has 0 bridgehead atoms. The van der Waals surface area contributed by atoms with Gasteiger partial charge in [0.25, 0.3) is 5.91 Å². The number of anilines is 1. The Hall–Kier alpha value is -3.15. The number of esters is 1. The lowest BCUT2D eigenvalue weighted by atomic mass is 10.2. The van der Waals surface area contributed by atoms with Crippen molar-refractivity contribution in [1.82, 2.24) is 4.31 Å². The number of halogens is 2. The molecule has 11 heteroatoms. The first-order valence-electron chi connectivity index (χ1n) is 9.53. The highest BCUT2D eigenvalue weighted by Crippen LogP contribution is 2.18. The van der Waals surface area contributed by atoms with Crippen LogP contribution in [0, 0.1) is 11.6 Å². The molecule has 1 heterocycles. The second-order valence-electron chi connectivity index (χ2n) is 6.70. The topological polar surface area (TPSA) is 102 Å². The van der Waals surface area contributed by atoms with Crippen molar-refractivity contribution in [2.75, 3.05) is 38.2 Å². The molecule has 1 saturated heterocycles. The van der Waals surface area contributed by atoms with Crippen LogP contribution in [0.3, 0.4) is 0 Å². The summed E-state index contributed by atoms with van der Waals surface area (Å²) in [5, 5.41) is 2.27. The quantitative estimate of drug-likeness (QED) is 0.496. The molecule has 32 heavy (non-hydrogen) atoms. The zero-order valence-corrected chi connectivity index (χ0v) is 17.6. The number of nitrogens with one attached hydrogen (secondary N) is 1. The fraction of sp³-hybridized carbons (Fsp3) is 0.238. The number of sulfonamides is 1. The molecule has 1 aliphatic rings. The number of rotatable bonds is 7. The van der Waals surface area contributed by atoms with Gasteiger partial charge >= 0.3 is 5.97 Å². The third kappa shape index (κ3) is 6.19. The third-order valence-electron chi connectivity index (χ3n) is 4.45. The molecule has 1 N–H and O–H groups in total. The van der Waals surface area contributed by atoms with E-state index in [1.54, 1.807) is 0 Å². The van der Waals surface area contributed by atoms with Gasteiger partial charge in [-0.2, -0.15) is 4.31 Å². The number of morpholine rings is 1. The van der Waals surface area contributed by atoms with E-state index in [1.165, 1.54) is 40.7 Å². The third-order valence-corrected chi connectivity index (χ3v) is 6.36. The van der Waals surface area contributed by atoms with Gasteiger partial charge in [0.05, 0.1) is 18.1 Å².